The van der Waals surface area contributed by atoms with Crippen LogP contribution in [0.2, 0.25) is 0 Å². The first-order chi connectivity index (χ1) is 8.31. The summed E-state index contributed by atoms with van der Waals surface area (Å²) in [6.45, 7) is 2.73. The van der Waals surface area contributed by atoms with E-state index in [9.17, 15) is 4.79 Å². The van der Waals surface area contributed by atoms with Crippen LogP contribution in [0.4, 0.5) is 5.69 Å². The van der Waals surface area contributed by atoms with Gasteiger partial charge in [0.25, 0.3) is 5.91 Å². The normalized spacial score (nSPS) is 16.4. The lowest BCUT2D eigenvalue weighted by molar-refractivity contribution is 0.0735. The van der Waals surface area contributed by atoms with Crippen molar-refractivity contribution < 1.29 is 9.53 Å². The average molecular weight is 235 g/mol. The number of hydrogen-bond donors (Lipinski definition) is 1. The fraction of sp³-hybridized carbons (Fsp3) is 0.500. The highest BCUT2D eigenvalue weighted by Crippen LogP contribution is 2.09. The van der Waals surface area contributed by atoms with Gasteiger partial charge in [-0.2, -0.15) is 0 Å². The van der Waals surface area contributed by atoms with E-state index in [1.165, 1.54) is 0 Å². The number of pyridine rings is 1. The quantitative estimate of drug-likeness (QED) is 0.830. The van der Waals surface area contributed by atoms with E-state index in [1.807, 2.05) is 13.1 Å². The molecule has 0 atom stereocenters. The number of carbonyl (C=O) groups excluding carboxylic acids is 1. The van der Waals surface area contributed by atoms with Gasteiger partial charge in [0.1, 0.15) is 5.69 Å². The summed E-state index contributed by atoms with van der Waals surface area (Å²) in [6, 6.07) is 3.61. The molecule has 17 heavy (non-hydrogen) atoms. The van der Waals surface area contributed by atoms with Gasteiger partial charge in [-0.1, -0.05) is 0 Å². The molecule has 0 radical (unpaired) electrons. The third-order valence-corrected chi connectivity index (χ3v) is 2.78. The minimum atomic E-state index is -0.0156. The van der Waals surface area contributed by atoms with Crippen molar-refractivity contribution in [3.05, 3.63) is 24.0 Å². The molecule has 92 valence electrons. The second-order valence-corrected chi connectivity index (χ2v) is 3.94. The van der Waals surface area contributed by atoms with Crippen molar-refractivity contribution in [1.82, 2.24) is 9.88 Å². The lowest BCUT2D eigenvalue weighted by Gasteiger charge is -2.18. The SMILES string of the molecule is CNc1ccc(C(=O)N2CCCOCC2)nc1. The molecular formula is C12H17N3O2. The fourth-order valence-corrected chi connectivity index (χ4v) is 1.78. The molecular weight excluding hydrogens is 218 g/mol. The summed E-state index contributed by atoms with van der Waals surface area (Å²) in [5.41, 5.74) is 1.40. The maximum absolute atomic E-state index is 12.1. The molecule has 1 N–H and O–H groups in total. The second kappa shape index (κ2) is 5.63. The lowest BCUT2D eigenvalue weighted by Crippen LogP contribution is -2.33. The first kappa shape index (κ1) is 11.9. The summed E-state index contributed by atoms with van der Waals surface area (Å²) in [4.78, 5) is 18.1. The van der Waals surface area contributed by atoms with Gasteiger partial charge in [0, 0.05) is 26.7 Å². The van der Waals surface area contributed by atoms with E-state index in [0.29, 0.717) is 18.8 Å². The Morgan fingerprint density at radius 1 is 1.41 bits per heavy atom. The van der Waals surface area contributed by atoms with Crippen molar-refractivity contribution in [1.29, 1.82) is 0 Å². The van der Waals surface area contributed by atoms with Crippen LogP contribution >= 0.6 is 0 Å². The van der Waals surface area contributed by atoms with Gasteiger partial charge in [0.05, 0.1) is 18.5 Å². The Morgan fingerprint density at radius 3 is 3.00 bits per heavy atom. The molecule has 1 aromatic heterocycles. The van der Waals surface area contributed by atoms with Gasteiger partial charge in [-0.05, 0) is 18.6 Å². The van der Waals surface area contributed by atoms with Crippen molar-refractivity contribution in [2.24, 2.45) is 0 Å². The van der Waals surface area contributed by atoms with Crippen LogP contribution in [-0.2, 0) is 4.74 Å². The predicted molar refractivity (Wildman–Crippen MR) is 65.1 cm³/mol. The van der Waals surface area contributed by atoms with E-state index in [0.717, 1.165) is 25.3 Å². The summed E-state index contributed by atoms with van der Waals surface area (Å²) >= 11 is 0. The predicted octanol–water partition coefficient (Wildman–Crippen LogP) is 0.986. The topological polar surface area (TPSA) is 54.5 Å². The Hall–Kier alpha value is -1.62. The number of nitrogens with one attached hydrogen (secondary N) is 1. The Morgan fingerprint density at radius 2 is 2.29 bits per heavy atom. The molecule has 5 heteroatoms. The second-order valence-electron chi connectivity index (χ2n) is 3.94. The standard InChI is InChI=1S/C12H17N3O2/c1-13-10-3-4-11(14-9-10)12(16)15-5-2-7-17-8-6-15/h3-4,9,13H,2,5-8H2,1H3. The number of amides is 1. The Kier molecular flexibility index (Phi) is 3.93. The van der Waals surface area contributed by atoms with Gasteiger partial charge < -0.3 is 15.0 Å². The van der Waals surface area contributed by atoms with Gasteiger partial charge in [0.15, 0.2) is 0 Å². The number of aromatic nitrogens is 1. The molecule has 0 saturated carbocycles. The zero-order valence-electron chi connectivity index (χ0n) is 9.98. The highest BCUT2D eigenvalue weighted by Gasteiger charge is 2.18. The van der Waals surface area contributed by atoms with Crippen molar-refractivity contribution in [3.8, 4) is 0 Å². The smallest absolute Gasteiger partial charge is 0.272 e. The number of anilines is 1. The van der Waals surface area contributed by atoms with E-state index in [1.54, 1.807) is 17.2 Å². The van der Waals surface area contributed by atoms with Gasteiger partial charge in [-0.3, -0.25) is 4.79 Å². The van der Waals surface area contributed by atoms with Crippen LogP contribution in [0.1, 0.15) is 16.9 Å². The molecule has 1 fully saturated rings. The Bertz CT molecular complexity index is 370. The molecule has 0 aliphatic carbocycles. The molecule has 0 aromatic carbocycles. The highest BCUT2D eigenvalue weighted by atomic mass is 16.5. The lowest BCUT2D eigenvalue weighted by atomic mass is 10.3. The largest absolute Gasteiger partial charge is 0.387 e. The summed E-state index contributed by atoms with van der Waals surface area (Å²) < 4.78 is 5.32. The van der Waals surface area contributed by atoms with Gasteiger partial charge in [0.2, 0.25) is 0 Å². The van der Waals surface area contributed by atoms with E-state index in [4.69, 9.17) is 4.74 Å². The molecule has 0 bridgehead atoms. The molecule has 2 heterocycles. The van der Waals surface area contributed by atoms with Gasteiger partial charge in [-0.15, -0.1) is 0 Å². The Labute approximate surface area is 101 Å². The van der Waals surface area contributed by atoms with Gasteiger partial charge >= 0.3 is 0 Å². The van der Waals surface area contributed by atoms with Crippen LogP contribution in [0.15, 0.2) is 18.3 Å². The van der Waals surface area contributed by atoms with E-state index in [2.05, 4.69) is 10.3 Å². The summed E-state index contributed by atoms with van der Waals surface area (Å²) in [7, 11) is 1.82. The number of nitrogens with zero attached hydrogens (tertiary/aromatic N) is 2. The number of ether oxygens (including phenoxy) is 1. The summed E-state index contributed by atoms with van der Waals surface area (Å²) in [6.07, 6.45) is 2.56. The van der Waals surface area contributed by atoms with E-state index in [-0.39, 0.29) is 5.91 Å². The fourth-order valence-electron chi connectivity index (χ4n) is 1.78. The minimum absolute atomic E-state index is 0.0156. The minimum Gasteiger partial charge on any atom is -0.387 e. The van der Waals surface area contributed by atoms with Crippen LogP contribution in [0, 0.1) is 0 Å². The van der Waals surface area contributed by atoms with Crippen LogP contribution in [0.3, 0.4) is 0 Å². The van der Waals surface area contributed by atoms with Gasteiger partial charge in [-0.25, -0.2) is 4.98 Å². The number of carbonyl (C=O) groups is 1. The van der Waals surface area contributed by atoms with Crippen LogP contribution in [-0.4, -0.2) is 49.1 Å². The van der Waals surface area contributed by atoms with Crippen LogP contribution in [0.25, 0.3) is 0 Å². The third kappa shape index (κ3) is 2.94. The molecule has 2 rings (SSSR count). The third-order valence-electron chi connectivity index (χ3n) is 2.78. The molecule has 1 aliphatic heterocycles. The van der Waals surface area contributed by atoms with Crippen molar-refractivity contribution in [2.45, 2.75) is 6.42 Å². The summed E-state index contributed by atoms with van der Waals surface area (Å²) in [5.74, 6) is -0.0156. The summed E-state index contributed by atoms with van der Waals surface area (Å²) in [5, 5.41) is 2.98. The Balaban J connectivity index is 2.06. The molecule has 1 aromatic rings. The maximum atomic E-state index is 12.1. The van der Waals surface area contributed by atoms with E-state index < -0.39 is 0 Å². The molecule has 1 amide bonds. The first-order valence-corrected chi connectivity index (χ1v) is 5.82. The molecule has 5 nitrogen and oxygen atoms in total. The maximum Gasteiger partial charge on any atom is 0.272 e. The average Bonchev–Trinajstić information content (AvgIpc) is 2.67. The first-order valence-electron chi connectivity index (χ1n) is 5.82. The molecule has 1 aliphatic rings. The highest BCUT2D eigenvalue weighted by molar-refractivity contribution is 5.92. The van der Waals surface area contributed by atoms with Crippen molar-refractivity contribution >= 4 is 11.6 Å². The monoisotopic (exact) mass is 235 g/mol. The van der Waals surface area contributed by atoms with E-state index >= 15 is 0 Å². The number of rotatable bonds is 2. The number of hydrogen-bond acceptors (Lipinski definition) is 4. The van der Waals surface area contributed by atoms with Crippen LogP contribution in [0.5, 0.6) is 0 Å². The van der Waals surface area contributed by atoms with Crippen molar-refractivity contribution in [2.75, 3.05) is 38.7 Å². The zero-order chi connectivity index (χ0) is 12.1. The molecule has 0 unspecified atom stereocenters. The molecule has 0 spiro atoms. The van der Waals surface area contributed by atoms with Crippen LogP contribution < -0.4 is 5.32 Å². The van der Waals surface area contributed by atoms with Crippen molar-refractivity contribution in [3.63, 3.8) is 0 Å². The zero-order valence-corrected chi connectivity index (χ0v) is 9.98. The molecule has 1 saturated heterocycles.